The molecule has 0 amide bonds. The number of sulfone groups is 1. The van der Waals surface area contributed by atoms with Gasteiger partial charge in [-0.05, 0) is 17.7 Å². The van der Waals surface area contributed by atoms with E-state index in [1.165, 1.54) is 31.2 Å². The Morgan fingerprint density at radius 3 is 2.28 bits per heavy atom. The van der Waals surface area contributed by atoms with Gasteiger partial charge in [-0.2, -0.15) is 0 Å². The van der Waals surface area contributed by atoms with Gasteiger partial charge in [0.25, 0.3) is 5.69 Å². The van der Waals surface area contributed by atoms with Gasteiger partial charge in [-0.3, -0.25) is 10.1 Å². The zero-order valence-electron chi connectivity index (χ0n) is 9.48. The predicted molar refractivity (Wildman–Crippen MR) is 75.3 cm³/mol. The lowest BCUT2D eigenvalue weighted by atomic mass is 10.1. The van der Waals surface area contributed by atoms with Crippen LogP contribution in [-0.4, -0.2) is 27.5 Å². The molecule has 2 unspecified atom stereocenters. The van der Waals surface area contributed by atoms with Crippen LogP contribution in [0.25, 0.3) is 0 Å². The average Bonchev–Trinajstić information content (AvgIpc) is 2.37. The number of nitro groups is 1. The number of aliphatic hydroxyl groups is 1. The first-order valence-corrected chi connectivity index (χ1v) is 8.03. The number of non-ortho nitro benzene ring substituents is 1. The second kappa shape index (κ2) is 5.93. The molecule has 1 rings (SSSR count). The lowest BCUT2D eigenvalue weighted by molar-refractivity contribution is -0.384. The van der Waals surface area contributed by atoms with Gasteiger partial charge in [-0.1, -0.05) is 29.5 Å². The summed E-state index contributed by atoms with van der Waals surface area (Å²) in [5, 5.41) is 20.4. The maximum Gasteiger partial charge on any atom is 0.269 e. The third-order valence-electron chi connectivity index (χ3n) is 2.44. The molecule has 0 spiro atoms. The second-order valence-electron chi connectivity index (χ2n) is 3.60. The van der Waals surface area contributed by atoms with Crippen molar-refractivity contribution in [3.63, 3.8) is 0 Å². The highest BCUT2D eigenvalue weighted by Crippen LogP contribution is 2.28. The van der Waals surface area contributed by atoms with Crippen molar-refractivity contribution in [2.75, 3.05) is 5.75 Å². The fraction of sp³-hybridized carbons (Fsp3) is 0.400. The van der Waals surface area contributed by atoms with Crippen LogP contribution in [0.5, 0.6) is 0 Å². The van der Waals surface area contributed by atoms with E-state index in [-0.39, 0.29) is 11.4 Å². The number of nitrogens with zero attached hydrogens (tertiary/aromatic N) is 1. The quantitative estimate of drug-likeness (QED) is 0.361. The summed E-state index contributed by atoms with van der Waals surface area (Å²) in [5.41, 5.74) is 0.242. The van der Waals surface area contributed by atoms with Crippen LogP contribution >= 0.6 is 22.6 Å². The molecule has 0 aliphatic carbocycles. The van der Waals surface area contributed by atoms with Crippen LogP contribution < -0.4 is 0 Å². The first-order chi connectivity index (χ1) is 8.29. The normalized spacial score (nSPS) is 15.1. The third-order valence-corrected chi connectivity index (χ3v) is 7.19. The van der Waals surface area contributed by atoms with Crippen LogP contribution in [0, 0.1) is 10.1 Å². The summed E-state index contributed by atoms with van der Waals surface area (Å²) in [6.07, 6.45) is -1.20. The molecule has 2 atom stereocenters. The Balaban J connectivity index is 2.98. The lowest BCUT2D eigenvalue weighted by Gasteiger charge is -2.17. The number of hydrogen-bond acceptors (Lipinski definition) is 5. The van der Waals surface area contributed by atoms with Crippen molar-refractivity contribution >= 4 is 38.1 Å². The van der Waals surface area contributed by atoms with E-state index in [9.17, 15) is 23.6 Å². The number of nitro benzene ring substituents is 1. The number of rotatable bonds is 5. The maximum atomic E-state index is 11.6. The minimum Gasteiger partial charge on any atom is -0.386 e. The largest absolute Gasteiger partial charge is 0.386 e. The van der Waals surface area contributed by atoms with E-state index in [0.717, 1.165) is 0 Å². The Hall–Kier alpha value is -0.740. The van der Waals surface area contributed by atoms with Gasteiger partial charge < -0.3 is 5.11 Å². The second-order valence-corrected chi connectivity index (χ2v) is 8.19. The minimum absolute atomic E-state index is 0.0648. The van der Waals surface area contributed by atoms with Crippen molar-refractivity contribution in [1.82, 2.24) is 0 Å². The monoisotopic (exact) mass is 385 g/mol. The van der Waals surface area contributed by atoms with E-state index in [1.54, 1.807) is 22.6 Å². The van der Waals surface area contributed by atoms with Gasteiger partial charge in [-0.15, -0.1) is 0 Å². The first-order valence-electron chi connectivity index (χ1n) is 5.07. The summed E-state index contributed by atoms with van der Waals surface area (Å²) in [4.78, 5) is 9.91. The van der Waals surface area contributed by atoms with Crippen molar-refractivity contribution in [2.24, 2.45) is 0 Å². The van der Waals surface area contributed by atoms with Gasteiger partial charge in [-0.25, -0.2) is 8.42 Å². The van der Waals surface area contributed by atoms with Crippen molar-refractivity contribution < 1.29 is 18.4 Å². The zero-order valence-corrected chi connectivity index (χ0v) is 12.5. The van der Waals surface area contributed by atoms with Crippen molar-refractivity contribution in [2.45, 2.75) is 16.3 Å². The van der Waals surface area contributed by atoms with Crippen LogP contribution in [0.4, 0.5) is 5.69 Å². The molecule has 1 aromatic carbocycles. The molecule has 0 fully saturated rings. The Morgan fingerprint density at radius 1 is 1.39 bits per heavy atom. The van der Waals surface area contributed by atoms with E-state index in [4.69, 9.17) is 0 Å². The molecule has 8 heteroatoms. The zero-order chi connectivity index (χ0) is 13.9. The maximum absolute atomic E-state index is 11.6. The molecule has 1 N–H and O–H groups in total. The van der Waals surface area contributed by atoms with Gasteiger partial charge in [0.2, 0.25) is 0 Å². The molecule has 0 aliphatic rings. The molecule has 0 heterocycles. The molecule has 0 aromatic heterocycles. The molecule has 6 nitrogen and oxygen atoms in total. The van der Waals surface area contributed by atoms with E-state index >= 15 is 0 Å². The molecular formula is C10H12INO5S. The van der Waals surface area contributed by atoms with Gasteiger partial charge in [0.15, 0.2) is 9.84 Å². The van der Waals surface area contributed by atoms with Crippen LogP contribution in [0.2, 0.25) is 0 Å². The highest BCUT2D eigenvalue weighted by atomic mass is 127. The van der Waals surface area contributed by atoms with E-state index < -0.39 is 24.1 Å². The summed E-state index contributed by atoms with van der Waals surface area (Å²) in [6.45, 7) is 1.50. The molecule has 0 bridgehead atoms. The topological polar surface area (TPSA) is 97.5 Å². The Labute approximate surface area is 118 Å². The standard InChI is InChI=1S/C10H12INO5S/c1-2-18(16,17)10(11)9(13)7-3-5-8(6-4-7)12(14)15/h3-6,9-10,13H,2H2,1H3. The van der Waals surface area contributed by atoms with Crippen molar-refractivity contribution in [1.29, 1.82) is 0 Å². The SMILES string of the molecule is CCS(=O)(=O)C(I)C(O)c1ccc([N+](=O)[O-])cc1. The Bertz CT molecular complexity index is 528. The summed E-state index contributed by atoms with van der Waals surface area (Å²) >= 11 is 1.66. The van der Waals surface area contributed by atoms with Gasteiger partial charge in [0.1, 0.15) is 9.36 Å². The summed E-state index contributed by atoms with van der Waals surface area (Å²) < 4.78 is 22.3. The minimum atomic E-state index is -3.37. The first kappa shape index (κ1) is 15.3. The number of benzene rings is 1. The van der Waals surface area contributed by atoms with E-state index in [2.05, 4.69) is 0 Å². The highest BCUT2D eigenvalue weighted by Gasteiger charge is 2.29. The lowest BCUT2D eigenvalue weighted by Crippen LogP contribution is -2.24. The van der Waals surface area contributed by atoms with E-state index in [1.807, 2.05) is 0 Å². The molecule has 1 aromatic rings. The van der Waals surface area contributed by atoms with Gasteiger partial charge in [0, 0.05) is 17.9 Å². The average molecular weight is 385 g/mol. The molecule has 0 aliphatic heterocycles. The van der Waals surface area contributed by atoms with Crippen LogP contribution in [0.15, 0.2) is 24.3 Å². The fourth-order valence-electron chi connectivity index (χ4n) is 1.30. The van der Waals surface area contributed by atoms with Gasteiger partial charge >= 0.3 is 0 Å². The summed E-state index contributed by atoms with van der Waals surface area (Å²) in [5.74, 6) is -0.0648. The van der Waals surface area contributed by atoms with Crippen LogP contribution in [-0.2, 0) is 9.84 Å². The van der Waals surface area contributed by atoms with E-state index in [0.29, 0.717) is 5.56 Å². The van der Waals surface area contributed by atoms with Crippen molar-refractivity contribution in [3.05, 3.63) is 39.9 Å². The predicted octanol–water partition coefficient (Wildman–Crippen LogP) is 1.82. The Morgan fingerprint density at radius 2 is 1.89 bits per heavy atom. The molecule has 0 saturated heterocycles. The number of aliphatic hydroxyl groups excluding tert-OH is 1. The van der Waals surface area contributed by atoms with Crippen molar-refractivity contribution in [3.8, 4) is 0 Å². The fourth-order valence-corrected chi connectivity index (χ4v) is 3.66. The third kappa shape index (κ3) is 3.39. The summed E-state index contributed by atoms with van der Waals surface area (Å²) in [6, 6.07) is 5.19. The molecule has 18 heavy (non-hydrogen) atoms. The molecular weight excluding hydrogens is 373 g/mol. The van der Waals surface area contributed by atoms with Crippen LogP contribution in [0.1, 0.15) is 18.6 Å². The number of alkyl halides is 1. The smallest absolute Gasteiger partial charge is 0.269 e. The number of halogens is 1. The molecule has 100 valence electrons. The number of hydrogen-bond donors (Lipinski definition) is 1. The Kier molecular flexibility index (Phi) is 5.05. The molecule has 0 radical (unpaired) electrons. The highest BCUT2D eigenvalue weighted by molar-refractivity contribution is 14.1. The molecule has 0 saturated carbocycles. The van der Waals surface area contributed by atoms with Gasteiger partial charge in [0.05, 0.1) is 4.92 Å². The summed E-state index contributed by atoms with van der Waals surface area (Å²) in [7, 11) is -3.37. The van der Waals surface area contributed by atoms with Crippen LogP contribution in [0.3, 0.4) is 0 Å².